The van der Waals surface area contributed by atoms with Gasteiger partial charge in [0.1, 0.15) is 17.1 Å². The molecule has 118 valence electrons. The van der Waals surface area contributed by atoms with Gasteiger partial charge in [-0.15, -0.1) is 0 Å². The van der Waals surface area contributed by atoms with Gasteiger partial charge in [-0.2, -0.15) is 0 Å². The second-order valence-corrected chi connectivity index (χ2v) is 5.79. The van der Waals surface area contributed by atoms with E-state index in [1.54, 1.807) is 25.1 Å². The molecular weight excluding hydrogens is 325 g/mol. The first-order valence-electron chi connectivity index (χ1n) is 6.78. The number of ether oxygens (including phenoxy) is 1. The zero-order valence-corrected chi connectivity index (χ0v) is 14.1. The second-order valence-electron chi connectivity index (χ2n) is 4.94. The van der Waals surface area contributed by atoms with E-state index in [2.05, 4.69) is 5.32 Å². The highest BCUT2D eigenvalue weighted by molar-refractivity contribution is 6.35. The normalized spacial score (nSPS) is 12.2. The average molecular weight is 342 g/mol. The van der Waals surface area contributed by atoms with E-state index < -0.39 is 5.97 Å². The third-order valence-electron chi connectivity index (χ3n) is 3.39. The first kappa shape index (κ1) is 16.9. The number of benzene rings is 1. The van der Waals surface area contributed by atoms with Crippen LogP contribution in [-0.2, 0) is 11.3 Å². The Morgan fingerprint density at radius 2 is 2.09 bits per heavy atom. The molecule has 2 aromatic rings. The highest BCUT2D eigenvalue weighted by atomic mass is 35.5. The Hall–Kier alpha value is -1.49. The molecule has 0 saturated heterocycles. The first-order valence-corrected chi connectivity index (χ1v) is 7.54. The summed E-state index contributed by atoms with van der Waals surface area (Å²) in [5.41, 5.74) is 1.39. The number of halogens is 2. The molecule has 0 radical (unpaired) electrons. The van der Waals surface area contributed by atoms with Crippen molar-refractivity contribution in [1.82, 2.24) is 5.32 Å². The summed E-state index contributed by atoms with van der Waals surface area (Å²) in [6, 6.07) is 7.09. The smallest absolute Gasteiger partial charge is 0.341 e. The Balaban J connectivity index is 2.05. The molecule has 0 amide bonds. The van der Waals surface area contributed by atoms with Gasteiger partial charge in [0, 0.05) is 16.1 Å². The minimum atomic E-state index is -0.402. The number of esters is 1. The Morgan fingerprint density at radius 3 is 2.73 bits per heavy atom. The minimum absolute atomic E-state index is 0.0109. The van der Waals surface area contributed by atoms with Gasteiger partial charge in [0.05, 0.1) is 13.7 Å². The quantitative estimate of drug-likeness (QED) is 0.811. The average Bonchev–Trinajstić information content (AvgIpc) is 2.85. The van der Waals surface area contributed by atoms with Crippen molar-refractivity contribution in [3.63, 3.8) is 0 Å². The number of methoxy groups -OCH3 is 1. The topological polar surface area (TPSA) is 51.5 Å². The molecule has 1 atom stereocenters. The van der Waals surface area contributed by atoms with Crippen molar-refractivity contribution in [3.8, 4) is 0 Å². The summed E-state index contributed by atoms with van der Waals surface area (Å²) < 4.78 is 10.3. The first-order chi connectivity index (χ1) is 10.4. The van der Waals surface area contributed by atoms with Gasteiger partial charge < -0.3 is 14.5 Å². The fraction of sp³-hybridized carbons (Fsp3) is 0.312. The van der Waals surface area contributed by atoms with Crippen molar-refractivity contribution in [2.45, 2.75) is 26.4 Å². The molecule has 1 aromatic heterocycles. The molecule has 0 bridgehead atoms. The van der Waals surface area contributed by atoms with Crippen LogP contribution in [0.5, 0.6) is 0 Å². The molecule has 0 aliphatic carbocycles. The van der Waals surface area contributed by atoms with Gasteiger partial charge in [-0.1, -0.05) is 29.3 Å². The maximum atomic E-state index is 11.6. The monoisotopic (exact) mass is 341 g/mol. The highest BCUT2D eigenvalue weighted by Crippen LogP contribution is 2.26. The van der Waals surface area contributed by atoms with Crippen LogP contribution in [0.4, 0.5) is 0 Å². The fourth-order valence-corrected chi connectivity index (χ4v) is 2.73. The standard InChI is InChI=1S/C16H17Cl2NO3/c1-9(13-5-4-11(17)6-15(13)18)19-8-12-7-14(10(2)22-12)16(20)21-3/h4-7,9,19H,8H2,1-3H3. The number of hydrogen-bond acceptors (Lipinski definition) is 4. The summed E-state index contributed by atoms with van der Waals surface area (Å²) in [5, 5.41) is 4.51. The summed E-state index contributed by atoms with van der Waals surface area (Å²) in [6.45, 7) is 4.19. The molecule has 0 spiro atoms. The summed E-state index contributed by atoms with van der Waals surface area (Å²) >= 11 is 12.1. The van der Waals surface area contributed by atoms with E-state index in [1.165, 1.54) is 7.11 Å². The summed E-state index contributed by atoms with van der Waals surface area (Å²) in [6.07, 6.45) is 0. The van der Waals surface area contributed by atoms with Crippen LogP contribution in [0.25, 0.3) is 0 Å². The van der Waals surface area contributed by atoms with E-state index >= 15 is 0 Å². The van der Waals surface area contributed by atoms with Gasteiger partial charge in [-0.05, 0) is 37.6 Å². The predicted octanol–water partition coefficient (Wildman–Crippen LogP) is 4.53. The van der Waals surface area contributed by atoms with Crippen molar-refractivity contribution in [1.29, 1.82) is 0 Å². The molecule has 1 N–H and O–H groups in total. The molecule has 0 fully saturated rings. The molecule has 6 heteroatoms. The van der Waals surface area contributed by atoms with Gasteiger partial charge in [0.15, 0.2) is 0 Å². The Morgan fingerprint density at radius 1 is 1.36 bits per heavy atom. The Bertz CT molecular complexity index is 682. The van der Waals surface area contributed by atoms with Crippen LogP contribution in [0.3, 0.4) is 0 Å². The molecule has 0 aliphatic heterocycles. The van der Waals surface area contributed by atoms with Gasteiger partial charge in [-0.25, -0.2) is 4.79 Å². The molecule has 0 aliphatic rings. The van der Waals surface area contributed by atoms with Crippen LogP contribution >= 0.6 is 23.2 Å². The summed E-state index contributed by atoms with van der Waals surface area (Å²) in [4.78, 5) is 11.6. The van der Waals surface area contributed by atoms with Crippen molar-refractivity contribution in [2.24, 2.45) is 0 Å². The number of carbonyl (C=O) groups excluding carboxylic acids is 1. The zero-order valence-electron chi connectivity index (χ0n) is 12.6. The number of aryl methyl sites for hydroxylation is 1. The highest BCUT2D eigenvalue weighted by Gasteiger charge is 2.16. The number of furan rings is 1. The zero-order chi connectivity index (χ0) is 16.3. The third kappa shape index (κ3) is 3.83. The van der Waals surface area contributed by atoms with Gasteiger partial charge >= 0.3 is 5.97 Å². The van der Waals surface area contributed by atoms with E-state index in [1.807, 2.05) is 13.0 Å². The van der Waals surface area contributed by atoms with Crippen molar-refractivity contribution in [2.75, 3.05) is 7.11 Å². The molecular formula is C16H17Cl2NO3. The van der Waals surface area contributed by atoms with Crippen LogP contribution in [0.15, 0.2) is 28.7 Å². The van der Waals surface area contributed by atoms with Crippen LogP contribution in [0, 0.1) is 6.92 Å². The maximum absolute atomic E-state index is 11.6. The lowest BCUT2D eigenvalue weighted by atomic mass is 10.1. The second kappa shape index (κ2) is 7.18. The number of hydrogen-bond donors (Lipinski definition) is 1. The lowest BCUT2D eigenvalue weighted by Crippen LogP contribution is -2.18. The molecule has 2 rings (SSSR count). The summed E-state index contributed by atoms with van der Waals surface area (Å²) in [5.74, 6) is 0.803. The molecule has 4 nitrogen and oxygen atoms in total. The van der Waals surface area contributed by atoms with Crippen LogP contribution in [0.2, 0.25) is 10.0 Å². The largest absolute Gasteiger partial charge is 0.465 e. The molecule has 1 heterocycles. The van der Waals surface area contributed by atoms with Crippen molar-refractivity contribution in [3.05, 3.63) is 57.0 Å². The SMILES string of the molecule is COC(=O)c1cc(CNC(C)c2ccc(Cl)cc2Cl)oc1C. The van der Waals surface area contributed by atoms with E-state index in [0.717, 1.165) is 5.56 Å². The van der Waals surface area contributed by atoms with Crippen molar-refractivity contribution >= 4 is 29.2 Å². The third-order valence-corrected chi connectivity index (χ3v) is 3.95. The molecule has 0 saturated carbocycles. The van der Waals surface area contributed by atoms with Crippen LogP contribution in [-0.4, -0.2) is 13.1 Å². The number of carbonyl (C=O) groups is 1. The minimum Gasteiger partial charge on any atom is -0.465 e. The lowest BCUT2D eigenvalue weighted by Gasteiger charge is -2.15. The Kier molecular flexibility index (Phi) is 5.51. The number of nitrogens with one attached hydrogen (secondary N) is 1. The molecule has 1 aromatic carbocycles. The fourth-order valence-electron chi connectivity index (χ4n) is 2.16. The maximum Gasteiger partial charge on any atom is 0.341 e. The van der Waals surface area contributed by atoms with Gasteiger partial charge in [0.25, 0.3) is 0 Å². The molecule has 22 heavy (non-hydrogen) atoms. The molecule has 1 unspecified atom stereocenters. The van der Waals surface area contributed by atoms with Crippen molar-refractivity contribution < 1.29 is 13.9 Å². The van der Waals surface area contributed by atoms with E-state index in [-0.39, 0.29) is 6.04 Å². The predicted molar refractivity (Wildman–Crippen MR) is 86.5 cm³/mol. The number of rotatable bonds is 5. The van der Waals surface area contributed by atoms with E-state index in [4.69, 9.17) is 32.4 Å². The lowest BCUT2D eigenvalue weighted by molar-refractivity contribution is 0.0599. The van der Waals surface area contributed by atoms with Crippen LogP contribution in [0.1, 0.15) is 40.4 Å². The van der Waals surface area contributed by atoms with Crippen LogP contribution < -0.4 is 5.32 Å². The Labute approximate surface area is 139 Å². The van der Waals surface area contributed by atoms with E-state index in [0.29, 0.717) is 33.7 Å². The van der Waals surface area contributed by atoms with Gasteiger partial charge in [0.2, 0.25) is 0 Å². The van der Waals surface area contributed by atoms with Gasteiger partial charge in [-0.3, -0.25) is 0 Å². The summed E-state index contributed by atoms with van der Waals surface area (Å²) in [7, 11) is 1.34. The van der Waals surface area contributed by atoms with E-state index in [9.17, 15) is 4.79 Å².